The number of hydrogen-bond donors (Lipinski definition) is 2. The van der Waals surface area contributed by atoms with Crippen LogP contribution in [0.4, 0.5) is 11.4 Å². The normalized spacial score (nSPS) is 12.1. The summed E-state index contributed by atoms with van der Waals surface area (Å²) in [5, 5.41) is 38.9. The quantitative estimate of drug-likeness (QED) is 0.571. The molecule has 8 heteroatoms. The second-order valence-corrected chi connectivity index (χ2v) is 2.96. The minimum atomic E-state index is -1.43. The van der Waals surface area contributed by atoms with Crippen LogP contribution >= 0.6 is 0 Å². The molecule has 2 N–H and O–H groups in total. The van der Waals surface area contributed by atoms with Gasteiger partial charge in [-0.15, -0.1) is 0 Å². The highest BCUT2D eigenvalue weighted by Gasteiger charge is 2.23. The summed E-state index contributed by atoms with van der Waals surface area (Å²) >= 11 is 0. The zero-order valence-electron chi connectivity index (χ0n) is 7.94. The Morgan fingerprint density at radius 2 is 1.88 bits per heavy atom. The second-order valence-electron chi connectivity index (χ2n) is 2.96. The molecule has 0 amide bonds. The molecular formula is C8H8N2O6. The van der Waals surface area contributed by atoms with Crippen LogP contribution in [0.1, 0.15) is 11.7 Å². The molecule has 0 fully saturated rings. The van der Waals surface area contributed by atoms with Crippen molar-refractivity contribution in [3.63, 3.8) is 0 Å². The average molecular weight is 228 g/mol. The molecule has 8 nitrogen and oxygen atoms in total. The first-order valence-corrected chi connectivity index (χ1v) is 4.19. The van der Waals surface area contributed by atoms with Crippen molar-refractivity contribution in [2.75, 3.05) is 6.61 Å². The number of non-ortho nitro benzene ring substituents is 1. The van der Waals surface area contributed by atoms with Crippen LogP contribution in [-0.4, -0.2) is 26.7 Å². The van der Waals surface area contributed by atoms with E-state index in [1.54, 1.807) is 0 Å². The summed E-state index contributed by atoms with van der Waals surface area (Å²) in [6.07, 6.45) is -1.43. The maximum Gasteiger partial charge on any atom is 0.282 e. The fourth-order valence-corrected chi connectivity index (χ4v) is 1.18. The lowest BCUT2D eigenvalue weighted by Crippen LogP contribution is -2.06. The number of hydrogen-bond acceptors (Lipinski definition) is 6. The van der Waals surface area contributed by atoms with E-state index in [0.29, 0.717) is 0 Å². The molecular weight excluding hydrogens is 220 g/mol. The van der Waals surface area contributed by atoms with E-state index in [1.807, 2.05) is 0 Å². The number of nitrogens with zero attached hydrogens (tertiary/aromatic N) is 2. The number of aliphatic hydroxyl groups is 2. The number of aliphatic hydroxyl groups excluding tert-OH is 2. The maximum atomic E-state index is 10.6. The van der Waals surface area contributed by atoms with Gasteiger partial charge in [0.05, 0.1) is 28.1 Å². The van der Waals surface area contributed by atoms with Gasteiger partial charge in [-0.25, -0.2) is 0 Å². The highest BCUT2D eigenvalue weighted by Crippen LogP contribution is 2.28. The van der Waals surface area contributed by atoms with Gasteiger partial charge in [-0.05, 0) is 6.07 Å². The van der Waals surface area contributed by atoms with Gasteiger partial charge in [0.25, 0.3) is 11.4 Å². The molecule has 1 atom stereocenters. The van der Waals surface area contributed by atoms with Crippen molar-refractivity contribution in [1.29, 1.82) is 0 Å². The molecule has 0 saturated carbocycles. The van der Waals surface area contributed by atoms with Gasteiger partial charge in [-0.2, -0.15) is 0 Å². The number of nitro groups is 2. The zero-order chi connectivity index (χ0) is 12.3. The van der Waals surface area contributed by atoms with Crippen LogP contribution in [0.2, 0.25) is 0 Å². The lowest BCUT2D eigenvalue weighted by Gasteiger charge is -2.07. The Balaban J connectivity index is 3.30. The Hall–Kier alpha value is -2.06. The predicted molar refractivity (Wildman–Crippen MR) is 51.8 cm³/mol. The lowest BCUT2D eigenvalue weighted by molar-refractivity contribution is -0.395. The van der Waals surface area contributed by atoms with Gasteiger partial charge < -0.3 is 10.2 Å². The van der Waals surface area contributed by atoms with Crippen molar-refractivity contribution in [3.05, 3.63) is 44.0 Å². The molecule has 0 aromatic heterocycles. The van der Waals surface area contributed by atoms with Crippen molar-refractivity contribution in [1.82, 2.24) is 0 Å². The molecule has 1 unspecified atom stereocenters. The van der Waals surface area contributed by atoms with Crippen molar-refractivity contribution in [2.45, 2.75) is 6.10 Å². The molecule has 0 heterocycles. The van der Waals surface area contributed by atoms with Crippen LogP contribution in [0.5, 0.6) is 0 Å². The van der Waals surface area contributed by atoms with E-state index >= 15 is 0 Å². The molecule has 0 aliphatic carbocycles. The standard InChI is InChI=1S/C8H8N2O6/c11-4-8(12)6-2-1-5(9(13)14)3-7(6)10(15)16/h1-3,8,11-12H,4H2. The fourth-order valence-electron chi connectivity index (χ4n) is 1.18. The summed E-state index contributed by atoms with van der Waals surface area (Å²) in [4.78, 5) is 19.4. The molecule has 0 saturated heterocycles. The highest BCUT2D eigenvalue weighted by atomic mass is 16.6. The number of benzene rings is 1. The molecule has 1 aromatic rings. The van der Waals surface area contributed by atoms with E-state index in [4.69, 9.17) is 5.11 Å². The molecule has 86 valence electrons. The van der Waals surface area contributed by atoms with Gasteiger partial charge in [0.2, 0.25) is 0 Å². The van der Waals surface area contributed by atoms with Crippen LogP contribution in [0.3, 0.4) is 0 Å². The van der Waals surface area contributed by atoms with E-state index < -0.39 is 33.9 Å². The molecule has 1 rings (SSSR count). The Morgan fingerprint density at radius 3 is 2.31 bits per heavy atom. The molecule has 1 aromatic carbocycles. The first-order valence-electron chi connectivity index (χ1n) is 4.19. The van der Waals surface area contributed by atoms with Gasteiger partial charge in [-0.1, -0.05) is 0 Å². The highest BCUT2D eigenvalue weighted by molar-refractivity contribution is 5.50. The lowest BCUT2D eigenvalue weighted by atomic mass is 10.1. The average Bonchev–Trinajstić information content (AvgIpc) is 2.26. The monoisotopic (exact) mass is 228 g/mol. The van der Waals surface area contributed by atoms with E-state index in [2.05, 4.69) is 0 Å². The molecule has 16 heavy (non-hydrogen) atoms. The summed E-state index contributed by atoms with van der Waals surface area (Å²) in [6, 6.07) is 2.83. The first-order chi connectivity index (χ1) is 7.47. The molecule has 0 aliphatic rings. The molecule has 0 spiro atoms. The van der Waals surface area contributed by atoms with Crippen LogP contribution in [0.15, 0.2) is 18.2 Å². The molecule has 0 radical (unpaired) electrons. The third-order valence-corrected chi connectivity index (χ3v) is 1.95. The number of rotatable bonds is 4. The smallest absolute Gasteiger partial charge is 0.282 e. The Bertz CT molecular complexity index is 433. The summed E-state index contributed by atoms with van der Waals surface area (Å²) in [5.41, 5.74) is -1.19. The van der Waals surface area contributed by atoms with E-state index in [-0.39, 0.29) is 5.56 Å². The van der Waals surface area contributed by atoms with Gasteiger partial charge in [0, 0.05) is 6.07 Å². The fraction of sp³-hybridized carbons (Fsp3) is 0.250. The third-order valence-electron chi connectivity index (χ3n) is 1.95. The van der Waals surface area contributed by atoms with Crippen LogP contribution in [0.25, 0.3) is 0 Å². The minimum Gasteiger partial charge on any atom is -0.393 e. The van der Waals surface area contributed by atoms with Crippen LogP contribution in [0, 0.1) is 20.2 Å². The van der Waals surface area contributed by atoms with E-state index in [0.717, 1.165) is 18.2 Å². The van der Waals surface area contributed by atoms with E-state index in [9.17, 15) is 25.3 Å². The third kappa shape index (κ3) is 2.30. The molecule has 0 aliphatic heterocycles. The minimum absolute atomic E-state index is 0.155. The van der Waals surface area contributed by atoms with Gasteiger partial charge in [0.15, 0.2) is 0 Å². The Labute approximate surface area is 89.1 Å². The summed E-state index contributed by atoms with van der Waals surface area (Å²) in [6.45, 7) is -0.696. The SMILES string of the molecule is O=[N+]([O-])c1ccc(C(O)CO)c([N+](=O)[O-])c1. The van der Waals surface area contributed by atoms with Crippen molar-refractivity contribution in [3.8, 4) is 0 Å². The Kier molecular flexibility index (Phi) is 3.48. The number of nitro benzene ring substituents is 2. The maximum absolute atomic E-state index is 10.6. The topological polar surface area (TPSA) is 127 Å². The zero-order valence-corrected chi connectivity index (χ0v) is 7.94. The van der Waals surface area contributed by atoms with Crippen LogP contribution < -0.4 is 0 Å². The van der Waals surface area contributed by atoms with E-state index in [1.165, 1.54) is 0 Å². The van der Waals surface area contributed by atoms with Crippen molar-refractivity contribution in [2.24, 2.45) is 0 Å². The van der Waals surface area contributed by atoms with Gasteiger partial charge in [-0.3, -0.25) is 20.2 Å². The predicted octanol–water partition coefficient (Wildman–Crippen LogP) is 0.529. The second kappa shape index (κ2) is 4.64. The largest absolute Gasteiger partial charge is 0.393 e. The Morgan fingerprint density at radius 1 is 1.25 bits per heavy atom. The van der Waals surface area contributed by atoms with Crippen LogP contribution in [-0.2, 0) is 0 Å². The summed E-state index contributed by atoms with van der Waals surface area (Å²) in [5.74, 6) is 0. The van der Waals surface area contributed by atoms with Gasteiger partial charge in [0.1, 0.15) is 6.10 Å². The summed E-state index contributed by atoms with van der Waals surface area (Å²) < 4.78 is 0. The molecule has 0 bridgehead atoms. The first kappa shape index (κ1) is 12.0. The van der Waals surface area contributed by atoms with Crippen molar-refractivity contribution >= 4 is 11.4 Å². The summed E-state index contributed by atoms with van der Waals surface area (Å²) in [7, 11) is 0. The van der Waals surface area contributed by atoms with Crippen molar-refractivity contribution < 1.29 is 20.1 Å². The van der Waals surface area contributed by atoms with Gasteiger partial charge >= 0.3 is 0 Å².